The van der Waals surface area contributed by atoms with Gasteiger partial charge >= 0.3 is 5.97 Å². The van der Waals surface area contributed by atoms with Crippen LogP contribution in [0.25, 0.3) is 0 Å². The van der Waals surface area contributed by atoms with Gasteiger partial charge in [-0.1, -0.05) is 0 Å². The maximum absolute atomic E-state index is 10.8. The molecule has 2 heterocycles. The summed E-state index contributed by atoms with van der Waals surface area (Å²) in [5.41, 5.74) is 0. The molecule has 1 aliphatic rings. The molecule has 2 N–H and O–H groups in total. The van der Waals surface area contributed by atoms with E-state index in [0.29, 0.717) is 0 Å². The van der Waals surface area contributed by atoms with E-state index in [0.717, 1.165) is 24.3 Å². The van der Waals surface area contributed by atoms with Gasteiger partial charge in [-0.2, -0.15) is 0 Å². The number of carboxylic acid groups (broad SMARTS) is 1. The predicted octanol–water partition coefficient (Wildman–Crippen LogP) is 1.41. The van der Waals surface area contributed by atoms with Crippen LogP contribution in [-0.4, -0.2) is 22.1 Å². The monoisotopic (exact) mass is 212 g/mol. The summed E-state index contributed by atoms with van der Waals surface area (Å²) < 4.78 is 0. The number of nitrogens with one attached hydrogen (secondary N) is 1. The van der Waals surface area contributed by atoms with Crippen molar-refractivity contribution < 1.29 is 9.90 Å². The minimum Gasteiger partial charge on any atom is -0.480 e. The summed E-state index contributed by atoms with van der Waals surface area (Å²) in [6.45, 7) is 0. The number of aliphatic carboxylic acids is 1. The van der Waals surface area contributed by atoms with Crippen molar-refractivity contribution in [3.63, 3.8) is 0 Å². The van der Waals surface area contributed by atoms with Crippen LogP contribution in [0, 0.1) is 0 Å². The van der Waals surface area contributed by atoms with Crippen LogP contribution in [-0.2, 0) is 4.79 Å². The number of nitrogens with zero attached hydrogens (tertiary/aromatic N) is 1. The Morgan fingerprint density at radius 3 is 3.14 bits per heavy atom. The van der Waals surface area contributed by atoms with E-state index < -0.39 is 12.0 Å². The molecule has 2 rings (SSSR count). The first-order valence-corrected chi connectivity index (χ1v) is 5.53. The number of carbonyl (C=O) groups is 1. The fourth-order valence-corrected chi connectivity index (χ4v) is 2.46. The Labute approximate surface area is 86.0 Å². The second-order valence-corrected chi connectivity index (χ2v) is 4.34. The second kappa shape index (κ2) is 4.06. The highest BCUT2D eigenvalue weighted by Crippen LogP contribution is 2.26. The second-order valence-electron chi connectivity index (χ2n) is 3.41. The molecule has 1 aromatic heterocycles. The van der Waals surface area contributed by atoms with E-state index in [2.05, 4.69) is 10.3 Å². The third kappa shape index (κ3) is 1.93. The maximum atomic E-state index is 10.8. The van der Waals surface area contributed by atoms with Crippen LogP contribution in [0.15, 0.2) is 11.6 Å². The Morgan fingerprint density at radius 2 is 2.50 bits per heavy atom. The quantitative estimate of drug-likeness (QED) is 0.778. The molecule has 2 atom stereocenters. The van der Waals surface area contributed by atoms with E-state index >= 15 is 0 Å². The molecule has 0 spiro atoms. The molecule has 5 heteroatoms. The Balaban J connectivity index is 2.04. The Bertz CT molecular complexity index is 313. The highest BCUT2D eigenvalue weighted by atomic mass is 32.1. The SMILES string of the molecule is O=C(O)C1CCCC(c2nccs2)N1. The molecule has 0 aliphatic carbocycles. The molecule has 2 unspecified atom stereocenters. The molecule has 0 radical (unpaired) electrons. The van der Waals surface area contributed by atoms with Gasteiger partial charge in [0.05, 0.1) is 6.04 Å². The standard InChI is InChI=1S/C9H12N2O2S/c12-9(13)7-3-1-2-6(11-7)8-10-4-5-14-8/h4-7,11H,1-3H2,(H,12,13). The van der Waals surface area contributed by atoms with E-state index in [4.69, 9.17) is 5.11 Å². The lowest BCUT2D eigenvalue weighted by atomic mass is 9.99. The first kappa shape index (κ1) is 9.61. The minimum atomic E-state index is -0.758. The molecular weight excluding hydrogens is 200 g/mol. The Morgan fingerprint density at radius 1 is 1.64 bits per heavy atom. The first-order valence-electron chi connectivity index (χ1n) is 4.65. The van der Waals surface area contributed by atoms with E-state index in [1.54, 1.807) is 17.5 Å². The summed E-state index contributed by atoms with van der Waals surface area (Å²) in [6, 6.07) is -0.275. The number of thiazole rings is 1. The highest BCUT2D eigenvalue weighted by molar-refractivity contribution is 7.09. The van der Waals surface area contributed by atoms with Crippen molar-refractivity contribution in [2.45, 2.75) is 31.3 Å². The molecule has 1 fully saturated rings. The zero-order chi connectivity index (χ0) is 9.97. The van der Waals surface area contributed by atoms with Crippen molar-refractivity contribution in [2.24, 2.45) is 0 Å². The summed E-state index contributed by atoms with van der Waals surface area (Å²) in [5, 5.41) is 14.9. The molecule has 1 saturated heterocycles. The van der Waals surface area contributed by atoms with E-state index in [-0.39, 0.29) is 6.04 Å². The van der Waals surface area contributed by atoms with Crippen LogP contribution in [0.1, 0.15) is 30.3 Å². The van der Waals surface area contributed by atoms with Gasteiger partial charge in [0, 0.05) is 11.6 Å². The topological polar surface area (TPSA) is 62.2 Å². The van der Waals surface area contributed by atoms with Gasteiger partial charge in [-0.05, 0) is 19.3 Å². The van der Waals surface area contributed by atoms with Crippen LogP contribution in [0.3, 0.4) is 0 Å². The summed E-state index contributed by atoms with van der Waals surface area (Å²) in [4.78, 5) is 15.0. The molecule has 1 aromatic rings. The molecule has 1 aliphatic heterocycles. The van der Waals surface area contributed by atoms with Crippen molar-refractivity contribution in [3.05, 3.63) is 16.6 Å². The number of hydrogen-bond acceptors (Lipinski definition) is 4. The smallest absolute Gasteiger partial charge is 0.320 e. The van der Waals surface area contributed by atoms with Crippen molar-refractivity contribution in [3.8, 4) is 0 Å². The number of hydrogen-bond donors (Lipinski definition) is 2. The normalized spacial score (nSPS) is 27.4. The Hall–Kier alpha value is -0.940. The zero-order valence-electron chi connectivity index (χ0n) is 7.64. The molecule has 76 valence electrons. The average Bonchev–Trinajstić information content (AvgIpc) is 2.71. The van der Waals surface area contributed by atoms with E-state index in [9.17, 15) is 4.79 Å². The zero-order valence-corrected chi connectivity index (χ0v) is 8.46. The van der Waals surface area contributed by atoms with Crippen molar-refractivity contribution in [1.82, 2.24) is 10.3 Å². The van der Waals surface area contributed by atoms with Gasteiger partial charge in [0.2, 0.25) is 0 Å². The molecular formula is C9H12N2O2S. The Kier molecular flexibility index (Phi) is 2.79. The summed E-state index contributed by atoms with van der Waals surface area (Å²) in [6.07, 6.45) is 4.41. The lowest BCUT2D eigenvalue weighted by molar-refractivity contribution is -0.140. The molecule has 0 bridgehead atoms. The summed E-state index contributed by atoms with van der Waals surface area (Å²) >= 11 is 1.58. The summed E-state index contributed by atoms with van der Waals surface area (Å²) in [7, 11) is 0. The minimum absolute atomic E-state index is 0.129. The van der Waals surface area contributed by atoms with E-state index in [1.807, 2.05) is 5.38 Å². The van der Waals surface area contributed by atoms with Gasteiger partial charge < -0.3 is 5.11 Å². The fourth-order valence-electron chi connectivity index (χ4n) is 1.73. The van der Waals surface area contributed by atoms with Gasteiger partial charge in [-0.3, -0.25) is 10.1 Å². The fraction of sp³-hybridized carbons (Fsp3) is 0.556. The van der Waals surface area contributed by atoms with Crippen molar-refractivity contribution >= 4 is 17.3 Å². The highest BCUT2D eigenvalue weighted by Gasteiger charge is 2.27. The summed E-state index contributed by atoms with van der Waals surface area (Å²) in [5.74, 6) is -0.758. The van der Waals surface area contributed by atoms with Crippen LogP contribution in [0.4, 0.5) is 0 Å². The molecule has 0 amide bonds. The number of aromatic nitrogens is 1. The van der Waals surface area contributed by atoms with Crippen LogP contribution in [0.2, 0.25) is 0 Å². The van der Waals surface area contributed by atoms with Gasteiger partial charge in [-0.25, -0.2) is 4.98 Å². The van der Waals surface area contributed by atoms with Gasteiger partial charge in [0.15, 0.2) is 0 Å². The third-order valence-electron chi connectivity index (χ3n) is 2.44. The van der Waals surface area contributed by atoms with Crippen LogP contribution >= 0.6 is 11.3 Å². The number of rotatable bonds is 2. The molecule has 0 saturated carbocycles. The largest absolute Gasteiger partial charge is 0.480 e. The van der Waals surface area contributed by atoms with Crippen LogP contribution < -0.4 is 5.32 Å². The van der Waals surface area contributed by atoms with Gasteiger partial charge in [-0.15, -0.1) is 11.3 Å². The van der Waals surface area contributed by atoms with Crippen molar-refractivity contribution in [2.75, 3.05) is 0 Å². The lowest BCUT2D eigenvalue weighted by Crippen LogP contribution is -2.42. The third-order valence-corrected chi connectivity index (χ3v) is 3.32. The molecule has 4 nitrogen and oxygen atoms in total. The average molecular weight is 212 g/mol. The first-order chi connectivity index (χ1) is 6.77. The van der Waals surface area contributed by atoms with E-state index in [1.165, 1.54) is 0 Å². The lowest BCUT2D eigenvalue weighted by Gasteiger charge is -2.26. The maximum Gasteiger partial charge on any atom is 0.320 e. The van der Waals surface area contributed by atoms with Crippen molar-refractivity contribution in [1.29, 1.82) is 0 Å². The number of carboxylic acids is 1. The predicted molar refractivity (Wildman–Crippen MR) is 53.3 cm³/mol. The van der Waals surface area contributed by atoms with Crippen LogP contribution in [0.5, 0.6) is 0 Å². The molecule has 14 heavy (non-hydrogen) atoms. The molecule has 0 aromatic carbocycles. The van der Waals surface area contributed by atoms with Gasteiger partial charge in [0.25, 0.3) is 0 Å². The number of piperidine rings is 1. The van der Waals surface area contributed by atoms with Gasteiger partial charge in [0.1, 0.15) is 11.0 Å².